The lowest BCUT2D eigenvalue weighted by molar-refractivity contribution is -0.123. The van der Waals surface area contributed by atoms with Gasteiger partial charge in [0.05, 0.1) is 13.2 Å². The minimum absolute atomic E-state index is 0.0932. The van der Waals surface area contributed by atoms with E-state index < -0.39 is 0 Å². The topological polar surface area (TPSA) is 55.8 Å². The first-order chi connectivity index (χ1) is 10.1. The summed E-state index contributed by atoms with van der Waals surface area (Å²) in [7, 11) is 1.52. The molecule has 1 fully saturated rings. The predicted octanol–water partition coefficient (Wildman–Crippen LogP) is 3.11. The van der Waals surface area contributed by atoms with E-state index in [1.165, 1.54) is 7.11 Å². The van der Waals surface area contributed by atoms with Crippen LogP contribution in [0, 0.1) is 5.92 Å². The lowest BCUT2D eigenvalue weighted by Crippen LogP contribution is -2.26. The second-order valence-electron chi connectivity index (χ2n) is 5.87. The van der Waals surface area contributed by atoms with Crippen LogP contribution < -0.4 is 4.74 Å². The van der Waals surface area contributed by atoms with Crippen molar-refractivity contribution in [2.75, 3.05) is 13.7 Å². The van der Waals surface area contributed by atoms with Crippen molar-refractivity contribution in [3.05, 3.63) is 23.8 Å². The number of ether oxygens (including phenoxy) is 2. The molecule has 0 amide bonds. The number of carbonyl (C=O) groups is 1. The summed E-state index contributed by atoms with van der Waals surface area (Å²) in [4.78, 5) is 12.1. The quantitative estimate of drug-likeness (QED) is 0.875. The molecule has 4 heteroatoms. The largest absolute Gasteiger partial charge is 0.504 e. The van der Waals surface area contributed by atoms with E-state index in [0.29, 0.717) is 30.9 Å². The lowest BCUT2D eigenvalue weighted by atomic mass is 9.94. The van der Waals surface area contributed by atoms with Crippen LogP contribution in [-0.2, 0) is 16.0 Å². The summed E-state index contributed by atoms with van der Waals surface area (Å²) in [6.07, 6.45) is 3.85. The summed E-state index contributed by atoms with van der Waals surface area (Å²) in [6, 6.07) is 5.21. The Balaban J connectivity index is 1.81. The Labute approximate surface area is 126 Å². The van der Waals surface area contributed by atoms with Crippen molar-refractivity contribution in [3.63, 3.8) is 0 Å². The molecule has 1 aromatic rings. The maximum absolute atomic E-state index is 12.1. The Morgan fingerprint density at radius 3 is 3.00 bits per heavy atom. The van der Waals surface area contributed by atoms with Gasteiger partial charge in [0.25, 0.3) is 0 Å². The maximum atomic E-state index is 12.1. The highest BCUT2D eigenvalue weighted by Crippen LogP contribution is 2.27. The fraction of sp³-hybridized carbons (Fsp3) is 0.588. The third-order valence-corrected chi connectivity index (χ3v) is 4.02. The Kier molecular flexibility index (Phi) is 5.62. The smallest absolute Gasteiger partial charge is 0.160 e. The zero-order valence-electron chi connectivity index (χ0n) is 12.8. The minimum atomic E-state index is 0.0932. The minimum Gasteiger partial charge on any atom is -0.504 e. The first kappa shape index (κ1) is 15.8. The predicted molar refractivity (Wildman–Crippen MR) is 80.7 cm³/mol. The number of hydrogen-bond acceptors (Lipinski definition) is 4. The van der Waals surface area contributed by atoms with Crippen molar-refractivity contribution in [3.8, 4) is 11.5 Å². The fourth-order valence-corrected chi connectivity index (χ4v) is 2.73. The zero-order valence-corrected chi connectivity index (χ0v) is 12.8. The van der Waals surface area contributed by atoms with Crippen molar-refractivity contribution in [1.82, 2.24) is 0 Å². The Morgan fingerprint density at radius 2 is 2.29 bits per heavy atom. The molecule has 116 valence electrons. The van der Waals surface area contributed by atoms with Crippen LogP contribution in [0.25, 0.3) is 0 Å². The van der Waals surface area contributed by atoms with E-state index in [4.69, 9.17) is 9.47 Å². The van der Waals surface area contributed by atoms with Gasteiger partial charge in [0.1, 0.15) is 5.78 Å². The van der Waals surface area contributed by atoms with Gasteiger partial charge in [-0.2, -0.15) is 0 Å². The molecule has 0 aromatic heterocycles. The van der Waals surface area contributed by atoms with E-state index in [1.807, 2.05) is 6.07 Å². The van der Waals surface area contributed by atoms with Crippen LogP contribution in [0.4, 0.5) is 0 Å². The summed E-state index contributed by atoms with van der Waals surface area (Å²) in [5.74, 6) is 1.46. The van der Waals surface area contributed by atoms with Crippen LogP contribution in [0.2, 0.25) is 0 Å². The van der Waals surface area contributed by atoms with E-state index in [9.17, 15) is 9.90 Å². The Morgan fingerprint density at radius 1 is 1.48 bits per heavy atom. The number of benzene rings is 1. The number of methoxy groups -OCH3 is 1. The van der Waals surface area contributed by atoms with Crippen LogP contribution in [0.5, 0.6) is 11.5 Å². The maximum Gasteiger partial charge on any atom is 0.160 e. The van der Waals surface area contributed by atoms with Crippen molar-refractivity contribution in [1.29, 1.82) is 0 Å². The van der Waals surface area contributed by atoms with E-state index in [0.717, 1.165) is 25.0 Å². The molecule has 4 nitrogen and oxygen atoms in total. The number of aryl methyl sites for hydroxylation is 1. The summed E-state index contributed by atoms with van der Waals surface area (Å²) >= 11 is 0. The number of aromatic hydroxyl groups is 1. The monoisotopic (exact) mass is 292 g/mol. The highest BCUT2D eigenvalue weighted by Gasteiger charge is 2.21. The first-order valence-electron chi connectivity index (χ1n) is 7.57. The molecule has 0 spiro atoms. The summed E-state index contributed by atoms with van der Waals surface area (Å²) in [6.45, 7) is 2.98. The number of phenolic OH excluding ortho intramolecular Hbond substituents is 1. The summed E-state index contributed by atoms with van der Waals surface area (Å²) in [5, 5.41) is 9.55. The highest BCUT2D eigenvalue weighted by molar-refractivity contribution is 5.79. The SMILES string of the molecule is COc1cc(CCC(=O)C[C@H]2C[C@H](C)CCO2)ccc1O. The van der Waals surface area contributed by atoms with E-state index >= 15 is 0 Å². The average Bonchev–Trinajstić information content (AvgIpc) is 2.46. The molecule has 1 aliphatic rings. The second kappa shape index (κ2) is 7.46. The van der Waals surface area contributed by atoms with Crippen molar-refractivity contribution in [2.45, 2.75) is 45.1 Å². The third kappa shape index (κ3) is 4.74. The first-order valence-corrected chi connectivity index (χ1v) is 7.57. The van der Waals surface area contributed by atoms with Gasteiger partial charge in [-0.25, -0.2) is 0 Å². The molecule has 0 saturated carbocycles. The van der Waals surface area contributed by atoms with Crippen LogP contribution in [-0.4, -0.2) is 30.7 Å². The van der Waals surface area contributed by atoms with Crippen molar-refractivity contribution < 1.29 is 19.4 Å². The normalized spacial score (nSPS) is 22.0. The molecule has 21 heavy (non-hydrogen) atoms. The van der Waals surface area contributed by atoms with Crippen LogP contribution >= 0.6 is 0 Å². The molecule has 2 atom stereocenters. The molecule has 0 unspecified atom stereocenters. The molecular formula is C17H24O4. The number of Topliss-reactive ketones (excluding diaryl/α,β-unsaturated/α-hetero) is 1. The van der Waals surface area contributed by atoms with Crippen LogP contribution in [0.15, 0.2) is 18.2 Å². The molecule has 1 heterocycles. The highest BCUT2D eigenvalue weighted by atomic mass is 16.5. The zero-order chi connectivity index (χ0) is 15.2. The molecule has 0 radical (unpaired) electrons. The average molecular weight is 292 g/mol. The van der Waals surface area contributed by atoms with Gasteiger partial charge in [-0.05, 0) is 42.9 Å². The van der Waals surface area contributed by atoms with Gasteiger partial charge in [0.15, 0.2) is 11.5 Å². The summed E-state index contributed by atoms with van der Waals surface area (Å²) in [5.41, 5.74) is 0.996. The molecule has 1 saturated heterocycles. The standard InChI is InChI=1S/C17H24O4/c1-12-7-8-21-15(9-12)11-14(18)5-3-13-4-6-16(19)17(10-13)20-2/h4,6,10,12,15,19H,3,5,7-9,11H2,1-2H3/t12-,15-/m1/s1. The third-order valence-electron chi connectivity index (χ3n) is 4.02. The van der Waals surface area contributed by atoms with Gasteiger partial charge < -0.3 is 14.6 Å². The van der Waals surface area contributed by atoms with Gasteiger partial charge in [0.2, 0.25) is 0 Å². The molecular weight excluding hydrogens is 268 g/mol. The number of carbonyl (C=O) groups excluding carboxylic acids is 1. The van der Waals surface area contributed by atoms with Gasteiger partial charge in [-0.1, -0.05) is 13.0 Å². The fourth-order valence-electron chi connectivity index (χ4n) is 2.73. The number of rotatable bonds is 6. The van der Waals surface area contributed by atoms with E-state index in [1.54, 1.807) is 12.1 Å². The molecule has 0 bridgehead atoms. The van der Waals surface area contributed by atoms with E-state index in [2.05, 4.69) is 6.92 Å². The molecule has 1 aromatic carbocycles. The Hall–Kier alpha value is -1.55. The molecule has 1 N–H and O–H groups in total. The van der Waals surface area contributed by atoms with Gasteiger partial charge in [0, 0.05) is 19.4 Å². The number of ketones is 1. The summed E-state index contributed by atoms with van der Waals surface area (Å²) < 4.78 is 10.7. The van der Waals surface area contributed by atoms with Gasteiger partial charge >= 0.3 is 0 Å². The van der Waals surface area contributed by atoms with Crippen LogP contribution in [0.3, 0.4) is 0 Å². The van der Waals surface area contributed by atoms with E-state index in [-0.39, 0.29) is 17.6 Å². The number of hydrogen-bond donors (Lipinski definition) is 1. The Bertz CT molecular complexity index is 484. The number of phenols is 1. The molecule has 0 aliphatic carbocycles. The van der Waals surface area contributed by atoms with Crippen molar-refractivity contribution in [2.24, 2.45) is 5.92 Å². The van der Waals surface area contributed by atoms with Crippen molar-refractivity contribution >= 4 is 5.78 Å². The lowest BCUT2D eigenvalue weighted by Gasteiger charge is -2.26. The van der Waals surface area contributed by atoms with Gasteiger partial charge in [-0.15, -0.1) is 0 Å². The van der Waals surface area contributed by atoms with Crippen LogP contribution in [0.1, 0.15) is 38.2 Å². The second-order valence-corrected chi connectivity index (χ2v) is 5.87. The molecule has 2 rings (SSSR count). The van der Waals surface area contributed by atoms with Gasteiger partial charge in [-0.3, -0.25) is 4.79 Å². The molecule has 1 aliphatic heterocycles.